The van der Waals surface area contributed by atoms with Crippen molar-refractivity contribution < 1.29 is 52.4 Å². The van der Waals surface area contributed by atoms with E-state index in [4.69, 9.17) is 28.4 Å². The smallest absolute Gasteiger partial charge is 0.339 e. The van der Waals surface area contributed by atoms with Crippen molar-refractivity contribution in [2.24, 2.45) is 23.7 Å². The molecule has 0 amide bonds. The minimum absolute atomic E-state index is 0.588. The second-order valence-corrected chi connectivity index (χ2v) is 9.21. The number of methoxy groups -OCH3 is 1. The lowest BCUT2D eigenvalue weighted by atomic mass is 9.97. The molecule has 0 aromatic carbocycles. The number of carbonyl (C=O) groups is 5. The summed E-state index contributed by atoms with van der Waals surface area (Å²) >= 11 is 0. The van der Waals surface area contributed by atoms with Crippen LogP contribution in [0, 0.1) is 23.7 Å². The van der Waals surface area contributed by atoms with Crippen LogP contribution in [-0.2, 0) is 52.4 Å². The summed E-state index contributed by atoms with van der Waals surface area (Å²) in [5.41, 5.74) is 0. The molecule has 0 N–H and O–H groups in total. The summed E-state index contributed by atoms with van der Waals surface area (Å²) in [6.07, 6.45) is -7.85. The molecule has 0 aliphatic carbocycles. The summed E-state index contributed by atoms with van der Waals surface area (Å²) in [7, 11) is 1.09. The predicted molar refractivity (Wildman–Crippen MR) is 116 cm³/mol. The van der Waals surface area contributed by atoms with Crippen molar-refractivity contribution in [1.29, 1.82) is 0 Å². The zero-order valence-corrected chi connectivity index (χ0v) is 21.2. The SMILES string of the molecule is COC(=O)[C@H]1O[C@@H](OC(=O)C(C)C)[C@H](OC(=O)C(C)C)C(OC(=O)C(C)C)[C@@H]1OC(=O)C(C)C. The third-order valence-corrected chi connectivity index (χ3v) is 4.80. The maximum Gasteiger partial charge on any atom is 0.339 e. The monoisotopic (exact) mass is 488 g/mol. The van der Waals surface area contributed by atoms with E-state index in [-0.39, 0.29) is 0 Å². The van der Waals surface area contributed by atoms with E-state index in [1.54, 1.807) is 55.4 Å². The van der Waals surface area contributed by atoms with Crippen molar-refractivity contribution in [3.8, 4) is 0 Å². The fraction of sp³-hybridized carbons (Fsp3) is 0.783. The Balaban J connectivity index is 3.61. The number of hydrogen-bond acceptors (Lipinski definition) is 11. The van der Waals surface area contributed by atoms with Crippen LogP contribution in [-0.4, -0.2) is 67.7 Å². The number of hydrogen-bond donors (Lipinski definition) is 0. The second-order valence-electron chi connectivity index (χ2n) is 9.21. The largest absolute Gasteiger partial charge is 0.467 e. The van der Waals surface area contributed by atoms with Crippen LogP contribution >= 0.6 is 0 Å². The fourth-order valence-electron chi connectivity index (χ4n) is 2.66. The molecule has 34 heavy (non-hydrogen) atoms. The first kappa shape index (κ1) is 29.3. The van der Waals surface area contributed by atoms with Crippen LogP contribution in [0.1, 0.15) is 55.4 Å². The average Bonchev–Trinajstić information content (AvgIpc) is 2.75. The molecule has 1 fully saturated rings. The van der Waals surface area contributed by atoms with Gasteiger partial charge in [-0.3, -0.25) is 19.2 Å². The second kappa shape index (κ2) is 12.7. The summed E-state index contributed by atoms with van der Waals surface area (Å²) in [4.78, 5) is 62.4. The van der Waals surface area contributed by atoms with Gasteiger partial charge in [-0.15, -0.1) is 0 Å². The Morgan fingerprint density at radius 2 is 0.912 bits per heavy atom. The van der Waals surface area contributed by atoms with E-state index in [0.29, 0.717) is 0 Å². The van der Waals surface area contributed by atoms with Gasteiger partial charge < -0.3 is 28.4 Å². The van der Waals surface area contributed by atoms with E-state index in [1.807, 2.05) is 0 Å². The van der Waals surface area contributed by atoms with Crippen LogP contribution in [0.5, 0.6) is 0 Å². The molecule has 1 saturated heterocycles. The normalized spacial score (nSPS) is 24.7. The Morgan fingerprint density at radius 1 is 0.559 bits per heavy atom. The molecule has 1 aliphatic rings. The van der Waals surface area contributed by atoms with Gasteiger partial charge in [-0.2, -0.15) is 0 Å². The zero-order valence-electron chi connectivity index (χ0n) is 21.2. The van der Waals surface area contributed by atoms with Crippen molar-refractivity contribution in [1.82, 2.24) is 0 Å². The fourth-order valence-corrected chi connectivity index (χ4v) is 2.66. The van der Waals surface area contributed by atoms with Crippen LogP contribution in [0.15, 0.2) is 0 Å². The van der Waals surface area contributed by atoms with E-state index in [2.05, 4.69) is 0 Å². The summed E-state index contributed by atoms with van der Waals surface area (Å²) < 4.78 is 32.4. The molecule has 194 valence electrons. The van der Waals surface area contributed by atoms with Gasteiger partial charge in [0.15, 0.2) is 18.3 Å². The first-order valence-electron chi connectivity index (χ1n) is 11.3. The van der Waals surface area contributed by atoms with E-state index in [1.165, 1.54) is 0 Å². The van der Waals surface area contributed by atoms with E-state index in [0.717, 1.165) is 7.11 Å². The summed E-state index contributed by atoms with van der Waals surface area (Å²) in [6.45, 7) is 12.6. The molecule has 0 aromatic heterocycles. The van der Waals surface area contributed by atoms with Crippen LogP contribution < -0.4 is 0 Å². The molecule has 1 aliphatic heterocycles. The molecule has 11 heteroatoms. The van der Waals surface area contributed by atoms with Gasteiger partial charge in [0.2, 0.25) is 12.4 Å². The van der Waals surface area contributed by atoms with Crippen LogP contribution in [0.25, 0.3) is 0 Å². The van der Waals surface area contributed by atoms with Gasteiger partial charge in [0, 0.05) is 0 Å². The van der Waals surface area contributed by atoms with Gasteiger partial charge in [-0.05, 0) is 0 Å². The number of rotatable bonds is 9. The van der Waals surface area contributed by atoms with Crippen LogP contribution in [0.3, 0.4) is 0 Å². The molecule has 0 radical (unpaired) electrons. The lowest BCUT2D eigenvalue weighted by molar-refractivity contribution is -0.297. The van der Waals surface area contributed by atoms with Gasteiger partial charge in [-0.25, -0.2) is 4.79 Å². The third kappa shape index (κ3) is 7.68. The minimum Gasteiger partial charge on any atom is -0.467 e. The van der Waals surface area contributed by atoms with Gasteiger partial charge in [0.05, 0.1) is 30.8 Å². The Kier molecular flexibility index (Phi) is 10.9. The molecule has 1 heterocycles. The predicted octanol–water partition coefficient (Wildman–Crippen LogP) is 1.79. The highest BCUT2D eigenvalue weighted by atomic mass is 16.7. The maximum absolute atomic E-state index is 12.6. The molecular weight excluding hydrogens is 452 g/mol. The topological polar surface area (TPSA) is 141 Å². The third-order valence-electron chi connectivity index (χ3n) is 4.80. The highest BCUT2D eigenvalue weighted by molar-refractivity contribution is 5.78. The Morgan fingerprint density at radius 3 is 1.29 bits per heavy atom. The molecule has 0 saturated carbocycles. The standard InChI is InChI=1S/C23H36O11/c1-10(2)18(24)30-14-15(31-19(25)11(3)4)17(32-20(26)12(5)6)23(34-21(27)13(7)8)33-16(14)22(28)29-9/h10-17,23H,1-9H3/t14-,15?,16-,17+,23-/m0/s1. The van der Waals surface area contributed by atoms with Crippen molar-refractivity contribution in [3.63, 3.8) is 0 Å². The molecule has 1 rings (SSSR count). The number of carbonyl (C=O) groups excluding carboxylic acids is 5. The van der Waals surface area contributed by atoms with Crippen molar-refractivity contribution >= 4 is 29.8 Å². The molecule has 5 atom stereocenters. The van der Waals surface area contributed by atoms with Crippen molar-refractivity contribution in [2.75, 3.05) is 7.11 Å². The van der Waals surface area contributed by atoms with Gasteiger partial charge in [0.25, 0.3) is 0 Å². The quantitative estimate of drug-likeness (QED) is 0.346. The molecule has 0 aromatic rings. The van der Waals surface area contributed by atoms with Gasteiger partial charge >= 0.3 is 29.8 Å². The van der Waals surface area contributed by atoms with E-state index < -0.39 is 84.2 Å². The van der Waals surface area contributed by atoms with E-state index in [9.17, 15) is 24.0 Å². The minimum atomic E-state index is -1.64. The molecule has 0 spiro atoms. The Hall–Kier alpha value is -2.69. The lowest BCUT2D eigenvalue weighted by Crippen LogP contribution is -2.64. The molecular formula is C23H36O11. The zero-order chi connectivity index (χ0) is 26.3. The summed E-state index contributed by atoms with van der Waals surface area (Å²) in [5.74, 6) is -6.24. The average molecular weight is 489 g/mol. The summed E-state index contributed by atoms with van der Waals surface area (Å²) in [6, 6.07) is 0. The van der Waals surface area contributed by atoms with E-state index >= 15 is 0 Å². The highest BCUT2D eigenvalue weighted by Crippen LogP contribution is 2.32. The molecule has 11 nitrogen and oxygen atoms in total. The van der Waals surface area contributed by atoms with Crippen molar-refractivity contribution in [2.45, 2.75) is 86.1 Å². The Bertz CT molecular complexity index is 756. The van der Waals surface area contributed by atoms with Gasteiger partial charge in [0.1, 0.15) is 0 Å². The first-order valence-corrected chi connectivity index (χ1v) is 11.3. The Labute approximate surface area is 199 Å². The summed E-state index contributed by atoms with van der Waals surface area (Å²) in [5, 5.41) is 0. The highest BCUT2D eigenvalue weighted by Gasteiger charge is 2.57. The van der Waals surface area contributed by atoms with Crippen LogP contribution in [0.2, 0.25) is 0 Å². The molecule has 0 bridgehead atoms. The maximum atomic E-state index is 12.6. The van der Waals surface area contributed by atoms with Crippen molar-refractivity contribution in [3.05, 3.63) is 0 Å². The molecule has 1 unspecified atom stereocenters. The first-order chi connectivity index (χ1) is 15.7. The number of ether oxygens (including phenoxy) is 6. The number of esters is 5. The lowest BCUT2D eigenvalue weighted by Gasteiger charge is -2.43. The van der Waals surface area contributed by atoms with Crippen LogP contribution in [0.4, 0.5) is 0 Å². The van der Waals surface area contributed by atoms with Gasteiger partial charge in [-0.1, -0.05) is 55.4 Å².